The average molecular weight is 274 g/mol. The van der Waals surface area contributed by atoms with E-state index < -0.39 is 0 Å². The number of amides is 1. The molecule has 0 aliphatic carbocycles. The first kappa shape index (κ1) is 16.1. The highest BCUT2D eigenvalue weighted by atomic mass is 16.2. The van der Waals surface area contributed by atoms with E-state index in [2.05, 4.69) is 5.32 Å². The highest BCUT2D eigenvalue weighted by Crippen LogP contribution is 2.07. The summed E-state index contributed by atoms with van der Waals surface area (Å²) >= 11 is 0. The summed E-state index contributed by atoms with van der Waals surface area (Å²) in [5, 5.41) is 2.84. The van der Waals surface area contributed by atoms with E-state index in [9.17, 15) is 9.59 Å². The van der Waals surface area contributed by atoms with Crippen LogP contribution in [0.5, 0.6) is 0 Å². The van der Waals surface area contributed by atoms with Crippen LogP contribution in [0, 0.1) is 0 Å². The molecule has 0 aliphatic rings. The number of allylic oxidation sites excluding steroid dienone is 1. The number of hydrogen-bond acceptors (Lipinski definition) is 3. The standard InChI is InChI=1S/C16H22N2O2/c1-12(2)10-16(20)17-15(18(3)4)11-14(19)13-8-6-5-7-9-13/h5-10,15H,11H2,1-4H3,(H,17,20). The van der Waals surface area contributed by atoms with Gasteiger partial charge in [0.1, 0.15) is 0 Å². The molecule has 0 bridgehead atoms. The molecule has 0 radical (unpaired) electrons. The van der Waals surface area contributed by atoms with Gasteiger partial charge in [0.2, 0.25) is 5.91 Å². The Morgan fingerprint density at radius 2 is 1.80 bits per heavy atom. The molecule has 4 nitrogen and oxygen atoms in total. The van der Waals surface area contributed by atoms with E-state index in [0.29, 0.717) is 5.56 Å². The number of Topliss-reactive ketones (excluding diaryl/α,β-unsaturated/α-hetero) is 1. The number of ketones is 1. The van der Waals surface area contributed by atoms with Gasteiger partial charge in [-0.2, -0.15) is 0 Å². The number of nitrogens with one attached hydrogen (secondary N) is 1. The fraction of sp³-hybridized carbons (Fsp3) is 0.375. The van der Waals surface area contributed by atoms with Crippen molar-refractivity contribution in [3.05, 3.63) is 47.5 Å². The molecule has 1 amide bonds. The number of carbonyl (C=O) groups excluding carboxylic acids is 2. The topological polar surface area (TPSA) is 49.4 Å². The second-order valence-corrected chi connectivity index (χ2v) is 5.20. The largest absolute Gasteiger partial charge is 0.337 e. The Hall–Kier alpha value is -1.94. The maximum absolute atomic E-state index is 12.2. The number of carbonyl (C=O) groups is 2. The normalized spacial score (nSPS) is 11.8. The maximum atomic E-state index is 12.2. The summed E-state index contributed by atoms with van der Waals surface area (Å²) in [5.74, 6) is -0.161. The van der Waals surface area contributed by atoms with Gasteiger partial charge in [-0.1, -0.05) is 35.9 Å². The molecule has 0 heterocycles. The Morgan fingerprint density at radius 1 is 1.20 bits per heavy atom. The molecular formula is C16H22N2O2. The monoisotopic (exact) mass is 274 g/mol. The van der Waals surface area contributed by atoms with E-state index in [4.69, 9.17) is 0 Å². The lowest BCUT2D eigenvalue weighted by atomic mass is 10.1. The van der Waals surface area contributed by atoms with Crippen LogP contribution in [0.15, 0.2) is 42.0 Å². The smallest absolute Gasteiger partial charge is 0.245 e. The molecule has 1 unspecified atom stereocenters. The zero-order valence-electron chi connectivity index (χ0n) is 12.5. The number of nitrogens with zero attached hydrogens (tertiary/aromatic N) is 1. The molecule has 1 aromatic rings. The van der Waals surface area contributed by atoms with Crippen molar-refractivity contribution < 1.29 is 9.59 Å². The Balaban J connectivity index is 2.71. The van der Waals surface area contributed by atoms with Crippen LogP contribution in [0.2, 0.25) is 0 Å². The van der Waals surface area contributed by atoms with Gasteiger partial charge in [-0.05, 0) is 27.9 Å². The SMILES string of the molecule is CC(C)=CC(=O)NC(CC(=O)c1ccccc1)N(C)C. The van der Waals surface area contributed by atoms with Gasteiger partial charge in [0.25, 0.3) is 0 Å². The van der Waals surface area contributed by atoms with Crippen LogP contribution in [0.1, 0.15) is 30.6 Å². The lowest BCUT2D eigenvalue weighted by Gasteiger charge is -2.24. The molecule has 0 saturated carbocycles. The average Bonchev–Trinajstić information content (AvgIpc) is 2.37. The van der Waals surface area contributed by atoms with E-state index in [1.807, 2.05) is 51.0 Å². The van der Waals surface area contributed by atoms with E-state index >= 15 is 0 Å². The van der Waals surface area contributed by atoms with Gasteiger partial charge in [0, 0.05) is 18.1 Å². The van der Waals surface area contributed by atoms with Crippen LogP contribution in [0.25, 0.3) is 0 Å². The Morgan fingerprint density at radius 3 is 2.30 bits per heavy atom. The van der Waals surface area contributed by atoms with Crippen LogP contribution >= 0.6 is 0 Å². The third-order valence-electron chi connectivity index (χ3n) is 2.83. The molecule has 1 N–H and O–H groups in total. The van der Waals surface area contributed by atoms with Crippen LogP contribution in [0.4, 0.5) is 0 Å². The van der Waals surface area contributed by atoms with Gasteiger partial charge in [-0.15, -0.1) is 0 Å². The second-order valence-electron chi connectivity index (χ2n) is 5.20. The minimum Gasteiger partial charge on any atom is -0.337 e. The summed E-state index contributed by atoms with van der Waals surface area (Å²) in [5.41, 5.74) is 1.59. The van der Waals surface area contributed by atoms with Crippen molar-refractivity contribution >= 4 is 11.7 Å². The molecule has 20 heavy (non-hydrogen) atoms. The molecule has 1 rings (SSSR count). The second kappa shape index (κ2) is 7.60. The summed E-state index contributed by atoms with van der Waals surface area (Å²) in [6, 6.07) is 9.11. The molecule has 4 heteroatoms. The minimum absolute atomic E-state index is 0.0156. The maximum Gasteiger partial charge on any atom is 0.245 e. The summed E-state index contributed by atoms with van der Waals surface area (Å²) in [4.78, 5) is 25.8. The van der Waals surface area contributed by atoms with E-state index in [-0.39, 0.29) is 24.3 Å². The zero-order chi connectivity index (χ0) is 15.1. The van der Waals surface area contributed by atoms with E-state index in [1.54, 1.807) is 12.1 Å². The molecule has 0 spiro atoms. The van der Waals surface area contributed by atoms with Crippen molar-refractivity contribution in [2.45, 2.75) is 26.4 Å². The van der Waals surface area contributed by atoms with Crippen LogP contribution in [-0.2, 0) is 4.79 Å². The third kappa shape index (κ3) is 5.36. The van der Waals surface area contributed by atoms with Crippen molar-refractivity contribution in [2.24, 2.45) is 0 Å². The number of benzene rings is 1. The van der Waals surface area contributed by atoms with Gasteiger partial charge in [0.15, 0.2) is 5.78 Å². The number of hydrogen-bond donors (Lipinski definition) is 1. The van der Waals surface area contributed by atoms with Gasteiger partial charge in [0.05, 0.1) is 6.17 Å². The van der Waals surface area contributed by atoms with Crippen LogP contribution in [-0.4, -0.2) is 36.9 Å². The lowest BCUT2D eigenvalue weighted by Crippen LogP contribution is -2.45. The van der Waals surface area contributed by atoms with Gasteiger partial charge in [-0.25, -0.2) is 0 Å². The molecule has 0 saturated heterocycles. The summed E-state index contributed by atoms with van der Waals surface area (Å²) in [6.45, 7) is 3.72. The lowest BCUT2D eigenvalue weighted by molar-refractivity contribution is -0.118. The Kier molecular flexibility index (Phi) is 6.12. The quantitative estimate of drug-likeness (QED) is 0.491. The third-order valence-corrected chi connectivity index (χ3v) is 2.83. The predicted octanol–water partition coefficient (Wildman–Crippen LogP) is 2.23. The molecule has 1 atom stereocenters. The molecule has 108 valence electrons. The minimum atomic E-state index is -0.314. The molecule has 0 fully saturated rings. The first-order valence-corrected chi connectivity index (χ1v) is 6.60. The highest BCUT2D eigenvalue weighted by molar-refractivity contribution is 5.97. The van der Waals surface area contributed by atoms with Crippen molar-refractivity contribution in [3.63, 3.8) is 0 Å². The van der Waals surface area contributed by atoms with Crippen LogP contribution in [0.3, 0.4) is 0 Å². The van der Waals surface area contributed by atoms with E-state index in [1.165, 1.54) is 6.08 Å². The highest BCUT2D eigenvalue weighted by Gasteiger charge is 2.18. The molecular weight excluding hydrogens is 252 g/mol. The van der Waals surface area contributed by atoms with Gasteiger partial charge < -0.3 is 5.32 Å². The molecule has 1 aromatic carbocycles. The fourth-order valence-electron chi connectivity index (χ4n) is 1.75. The van der Waals surface area contributed by atoms with Crippen molar-refractivity contribution in [1.29, 1.82) is 0 Å². The van der Waals surface area contributed by atoms with E-state index in [0.717, 1.165) is 5.57 Å². The fourth-order valence-corrected chi connectivity index (χ4v) is 1.75. The van der Waals surface area contributed by atoms with Crippen molar-refractivity contribution in [1.82, 2.24) is 10.2 Å². The first-order chi connectivity index (χ1) is 9.40. The predicted molar refractivity (Wildman–Crippen MR) is 80.4 cm³/mol. The Labute approximate surface area is 120 Å². The summed E-state index contributed by atoms with van der Waals surface area (Å²) < 4.78 is 0. The van der Waals surface area contributed by atoms with Crippen LogP contribution < -0.4 is 5.32 Å². The summed E-state index contributed by atoms with van der Waals surface area (Å²) in [7, 11) is 3.68. The van der Waals surface area contributed by atoms with Gasteiger partial charge in [-0.3, -0.25) is 14.5 Å². The molecule has 0 aliphatic heterocycles. The summed E-state index contributed by atoms with van der Waals surface area (Å²) in [6.07, 6.45) is 1.47. The molecule has 0 aromatic heterocycles. The van der Waals surface area contributed by atoms with Crippen molar-refractivity contribution in [2.75, 3.05) is 14.1 Å². The zero-order valence-corrected chi connectivity index (χ0v) is 12.5. The first-order valence-electron chi connectivity index (χ1n) is 6.60. The van der Waals surface area contributed by atoms with Crippen molar-refractivity contribution in [3.8, 4) is 0 Å². The van der Waals surface area contributed by atoms with Gasteiger partial charge >= 0.3 is 0 Å². The number of rotatable bonds is 6. The Bertz CT molecular complexity index is 488.